The maximum Gasteiger partial charge on any atom is 0.194 e. The van der Waals surface area contributed by atoms with Gasteiger partial charge in [0.15, 0.2) is 4.96 Å². The molecule has 3 nitrogen and oxygen atoms in total. The second-order valence-corrected chi connectivity index (χ2v) is 8.16. The van der Waals surface area contributed by atoms with Gasteiger partial charge in [0.2, 0.25) is 0 Å². The van der Waals surface area contributed by atoms with Gasteiger partial charge in [0, 0.05) is 24.9 Å². The molecule has 4 rings (SSSR count). The molecule has 5 heteroatoms. The average Bonchev–Trinajstić information content (AvgIpc) is 2.83. The number of nitrogens with one attached hydrogen (secondary N) is 1. The van der Waals surface area contributed by atoms with E-state index in [-0.39, 0.29) is 0 Å². The van der Waals surface area contributed by atoms with Gasteiger partial charge in [-0.2, -0.15) is 0 Å². The molecule has 2 aromatic rings. The zero-order valence-corrected chi connectivity index (χ0v) is 12.6. The first-order chi connectivity index (χ1) is 8.74. The SMILES string of the molecule is Brc1cn2cc(C3CC4(CCCNC4)C3)nc2s1. The number of rotatable bonds is 1. The van der Waals surface area contributed by atoms with Gasteiger partial charge in [-0.1, -0.05) is 11.3 Å². The zero-order valence-electron chi connectivity index (χ0n) is 10.2. The van der Waals surface area contributed by atoms with Crippen molar-refractivity contribution in [1.29, 1.82) is 0 Å². The van der Waals surface area contributed by atoms with Gasteiger partial charge in [0.25, 0.3) is 0 Å². The number of piperidine rings is 1. The van der Waals surface area contributed by atoms with Crippen LogP contribution in [0.2, 0.25) is 0 Å². The molecule has 0 unspecified atom stereocenters. The zero-order chi connectivity index (χ0) is 12.2. The molecule has 1 saturated carbocycles. The lowest BCUT2D eigenvalue weighted by Gasteiger charge is -2.50. The van der Waals surface area contributed by atoms with Gasteiger partial charge < -0.3 is 5.32 Å². The van der Waals surface area contributed by atoms with Crippen molar-refractivity contribution in [3.05, 3.63) is 21.9 Å². The summed E-state index contributed by atoms with van der Waals surface area (Å²) in [6.07, 6.45) is 9.72. The van der Waals surface area contributed by atoms with Crippen molar-refractivity contribution in [2.45, 2.75) is 31.6 Å². The summed E-state index contributed by atoms with van der Waals surface area (Å²) in [7, 11) is 0. The molecule has 1 aliphatic carbocycles. The van der Waals surface area contributed by atoms with Crippen molar-refractivity contribution < 1.29 is 0 Å². The van der Waals surface area contributed by atoms with Crippen molar-refractivity contribution in [2.75, 3.05) is 13.1 Å². The monoisotopic (exact) mass is 325 g/mol. The van der Waals surface area contributed by atoms with Crippen LogP contribution in [0.15, 0.2) is 16.2 Å². The van der Waals surface area contributed by atoms with Gasteiger partial charge in [-0.25, -0.2) is 4.98 Å². The maximum absolute atomic E-state index is 4.76. The molecular formula is C13H16BrN3S. The second-order valence-electron chi connectivity index (χ2n) is 5.78. The van der Waals surface area contributed by atoms with Crippen LogP contribution in [0.3, 0.4) is 0 Å². The van der Waals surface area contributed by atoms with E-state index >= 15 is 0 Å². The van der Waals surface area contributed by atoms with Crippen molar-refractivity contribution in [3.8, 4) is 0 Å². The molecule has 2 aliphatic rings. The van der Waals surface area contributed by atoms with Crippen LogP contribution in [0.5, 0.6) is 0 Å². The van der Waals surface area contributed by atoms with Gasteiger partial charge in [0.1, 0.15) is 0 Å². The Morgan fingerprint density at radius 2 is 2.33 bits per heavy atom. The van der Waals surface area contributed by atoms with Crippen LogP contribution in [0.4, 0.5) is 0 Å². The predicted molar refractivity (Wildman–Crippen MR) is 77.3 cm³/mol. The highest BCUT2D eigenvalue weighted by molar-refractivity contribution is 9.11. The van der Waals surface area contributed by atoms with Gasteiger partial charge in [0.05, 0.1) is 9.48 Å². The highest BCUT2D eigenvalue weighted by Crippen LogP contribution is 2.54. The van der Waals surface area contributed by atoms with Gasteiger partial charge in [-0.05, 0) is 53.6 Å². The minimum atomic E-state index is 0.598. The Morgan fingerprint density at radius 3 is 3.06 bits per heavy atom. The largest absolute Gasteiger partial charge is 0.316 e. The summed E-state index contributed by atoms with van der Waals surface area (Å²) >= 11 is 5.21. The number of aromatic nitrogens is 2. The van der Waals surface area contributed by atoms with Crippen LogP contribution in [-0.4, -0.2) is 22.5 Å². The van der Waals surface area contributed by atoms with E-state index < -0.39 is 0 Å². The van der Waals surface area contributed by atoms with Crippen molar-refractivity contribution >= 4 is 32.2 Å². The van der Waals surface area contributed by atoms with E-state index in [1.54, 1.807) is 11.3 Å². The normalized spacial score (nSPS) is 31.9. The molecule has 0 radical (unpaired) electrons. The quantitative estimate of drug-likeness (QED) is 0.870. The second kappa shape index (κ2) is 4.05. The third kappa shape index (κ3) is 1.75. The Hall–Kier alpha value is -0.390. The molecule has 1 spiro atoms. The third-order valence-electron chi connectivity index (χ3n) is 4.48. The van der Waals surface area contributed by atoms with Crippen molar-refractivity contribution in [3.63, 3.8) is 0 Å². The summed E-state index contributed by atoms with van der Waals surface area (Å²) in [4.78, 5) is 5.88. The molecular weight excluding hydrogens is 310 g/mol. The van der Waals surface area contributed by atoms with Crippen LogP contribution in [0, 0.1) is 5.41 Å². The number of hydrogen-bond donors (Lipinski definition) is 1. The van der Waals surface area contributed by atoms with Crippen LogP contribution in [0.25, 0.3) is 4.96 Å². The van der Waals surface area contributed by atoms with E-state index in [4.69, 9.17) is 4.98 Å². The summed E-state index contributed by atoms with van der Waals surface area (Å²) in [6, 6.07) is 0. The molecule has 1 saturated heterocycles. The summed E-state index contributed by atoms with van der Waals surface area (Å²) in [5, 5.41) is 3.55. The predicted octanol–water partition coefficient (Wildman–Crippen LogP) is 3.41. The number of fused-ring (bicyclic) bond motifs is 1. The molecule has 0 bridgehead atoms. The summed E-state index contributed by atoms with van der Waals surface area (Å²) in [6.45, 7) is 2.43. The van der Waals surface area contributed by atoms with Crippen molar-refractivity contribution in [2.24, 2.45) is 5.41 Å². The molecule has 1 N–H and O–H groups in total. The van der Waals surface area contributed by atoms with E-state index in [0.717, 1.165) is 8.75 Å². The number of halogens is 1. The Balaban J connectivity index is 1.53. The van der Waals surface area contributed by atoms with Crippen molar-refractivity contribution in [1.82, 2.24) is 14.7 Å². The highest BCUT2D eigenvalue weighted by Gasteiger charge is 2.45. The topological polar surface area (TPSA) is 29.3 Å². The molecule has 3 heterocycles. The van der Waals surface area contributed by atoms with Crippen LogP contribution >= 0.6 is 27.3 Å². The summed E-state index contributed by atoms with van der Waals surface area (Å²) in [5.41, 5.74) is 1.89. The minimum Gasteiger partial charge on any atom is -0.316 e. The molecule has 0 atom stereocenters. The number of imidazole rings is 1. The fourth-order valence-electron chi connectivity index (χ4n) is 3.56. The molecule has 2 aromatic heterocycles. The van der Waals surface area contributed by atoms with Gasteiger partial charge >= 0.3 is 0 Å². The Labute approximate surface area is 119 Å². The lowest BCUT2D eigenvalue weighted by Crippen LogP contribution is -2.47. The minimum absolute atomic E-state index is 0.598. The van der Waals surface area contributed by atoms with E-state index in [1.165, 1.54) is 44.5 Å². The Kier molecular flexibility index (Phi) is 2.57. The van der Waals surface area contributed by atoms with Crippen LogP contribution in [-0.2, 0) is 0 Å². The average molecular weight is 326 g/mol. The van der Waals surface area contributed by atoms with E-state index in [1.807, 2.05) is 0 Å². The Morgan fingerprint density at radius 1 is 1.44 bits per heavy atom. The fourth-order valence-corrected chi connectivity index (χ4v) is 4.91. The smallest absolute Gasteiger partial charge is 0.194 e. The molecule has 1 aliphatic heterocycles. The number of thiazole rings is 1. The highest BCUT2D eigenvalue weighted by atomic mass is 79.9. The first-order valence-electron chi connectivity index (χ1n) is 6.59. The fraction of sp³-hybridized carbons (Fsp3) is 0.615. The van der Waals surface area contributed by atoms with E-state index in [0.29, 0.717) is 11.3 Å². The molecule has 2 fully saturated rings. The van der Waals surface area contributed by atoms with Crippen LogP contribution < -0.4 is 5.32 Å². The third-order valence-corrected chi connectivity index (χ3v) is 5.96. The molecule has 0 amide bonds. The Bertz CT molecular complexity index is 543. The summed E-state index contributed by atoms with van der Waals surface area (Å²) < 4.78 is 3.30. The number of nitrogens with zero attached hydrogens (tertiary/aromatic N) is 2. The van der Waals surface area contributed by atoms with Gasteiger partial charge in [-0.15, -0.1) is 0 Å². The van der Waals surface area contributed by atoms with E-state index in [2.05, 4.69) is 38.0 Å². The summed E-state index contributed by atoms with van der Waals surface area (Å²) in [5.74, 6) is 0.691. The number of hydrogen-bond acceptors (Lipinski definition) is 3. The van der Waals surface area contributed by atoms with E-state index in [9.17, 15) is 0 Å². The first kappa shape index (κ1) is 11.4. The standard InChI is InChI=1S/C13H16BrN3S/c14-11-7-17-6-10(16-12(17)18-11)9-4-13(5-9)2-1-3-15-8-13/h6-7,9,15H,1-5,8H2. The van der Waals surface area contributed by atoms with Crippen LogP contribution in [0.1, 0.15) is 37.3 Å². The molecule has 96 valence electrons. The van der Waals surface area contributed by atoms with Gasteiger partial charge in [-0.3, -0.25) is 4.40 Å². The molecule has 0 aromatic carbocycles. The maximum atomic E-state index is 4.76. The lowest BCUT2D eigenvalue weighted by atomic mass is 9.58. The molecule has 18 heavy (non-hydrogen) atoms. The first-order valence-corrected chi connectivity index (χ1v) is 8.20. The lowest BCUT2D eigenvalue weighted by molar-refractivity contribution is 0.0657.